The van der Waals surface area contributed by atoms with E-state index in [-0.39, 0.29) is 24.0 Å². The number of hydrogen-bond donors (Lipinski definition) is 2. The topological polar surface area (TPSA) is 68.2 Å². The van der Waals surface area contributed by atoms with Crippen molar-refractivity contribution in [3.63, 3.8) is 0 Å². The Bertz CT molecular complexity index is 345. The van der Waals surface area contributed by atoms with Gasteiger partial charge < -0.3 is 11.1 Å². The monoisotopic (exact) mass is 335 g/mol. The summed E-state index contributed by atoms with van der Waals surface area (Å²) in [7, 11) is 1.90. The van der Waals surface area contributed by atoms with Crippen molar-refractivity contribution in [1.29, 1.82) is 0 Å². The van der Waals surface area contributed by atoms with Gasteiger partial charge in [-0.15, -0.1) is 30.6 Å². The largest absolute Gasteiger partial charge is 0.370 e. The highest BCUT2D eigenvalue weighted by Crippen LogP contribution is 1.97. The predicted molar refractivity (Wildman–Crippen MR) is 77.0 cm³/mol. The van der Waals surface area contributed by atoms with Crippen molar-refractivity contribution in [1.82, 2.24) is 15.1 Å². The number of aliphatic imine (C=N–C) groups is 1. The van der Waals surface area contributed by atoms with Gasteiger partial charge in [-0.05, 0) is 12.0 Å². The molecule has 0 spiro atoms. The molecular formula is C10H18IN5. The van der Waals surface area contributed by atoms with Crippen molar-refractivity contribution in [2.75, 3.05) is 13.1 Å². The Labute approximate surface area is 113 Å². The minimum absolute atomic E-state index is 0. The van der Waals surface area contributed by atoms with Crippen LogP contribution < -0.4 is 11.1 Å². The molecular weight excluding hydrogens is 317 g/mol. The number of halogens is 1. The van der Waals surface area contributed by atoms with E-state index in [1.165, 1.54) is 0 Å². The van der Waals surface area contributed by atoms with Gasteiger partial charge in [-0.2, -0.15) is 5.10 Å². The molecule has 0 amide bonds. The number of nitrogens with one attached hydrogen (secondary N) is 1. The quantitative estimate of drug-likeness (QED) is 0.360. The molecule has 0 aliphatic rings. The van der Waals surface area contributed by atoms with Crippen LogP contribution in [-0.2, 0) is 13.5 Å². The van der Waals surface area contributed by atoms with E-state index >= 15 is 0 Å². The Morgan fingerprint density at radius 2 is 2.50 bits per heavy atom. The zero-order valence-corrected chi connectivity index (χ0v) is 11.7. The molecule has 1 aromatic rings. The van der Waals surface area contributed by atoms with Crippen LogP contribution in [0.4, 0.5) is 0 Å². The minimum Gasteiger partial charge on any atom is -0.370 e. The predicted octanol–water partition coefficient (Wildman–Crippen LogP) is 0.671. The molecule has 0 saturated heterocycles. The zero-order chi connectivity index (χ0) is 11.1. The third-order valence-corrected chi connectivity index (χ3v) is 1.87. The lowest BCUT2D eigenvalue weighted by Gasteiger charge is -2.00. The lowest BCUT2D eigenvalue weighted by Crippen LogP contribution is -2.31. The van der Waals surface area contributed by atoms with Crippen LogP contribution >= 0.6 is 24.0 Å². The number of rotatable bonds is 5. The fourth-order valence-electron chi connectivity index (χ4n) is 1.14. The standard InChI is InChI=1S/C10H17N5.HI/c1-3-5-12-10(11)13-6-4-9-7-14-15(2)8-9;/h3,7-8H,1,4-6H2,2H3,(H3,11,12,13);1H. The molecule has 0 radical (unpaired) electrons. The molecule has 5 nitrogen and oxygen atoms in total. The van der Waals surface area contributed by atoms with Gasteiger partial charge in [-0.3, -0.25) is 9.67 Å². The molecule has 0 bridgehead atoms. The molecule has 1 heterocycles. The van der Waals surface area contributed by atoms with Gasteiger partial charge in [0, 0.05) is 26.3 Å². The first kappa shape index (κ1) is 14.9. The molecule has 0 aliphatic heterocycles. The van der Waals surface area contributed by atoms with Crippen LogP contribution in [0.3, 0.4) is 0 Å². The molecule has 16 heavy (non-hydrogen) atoms. The van der Waals surface area contributed by atoms with Crippen molar-refractivity contribution >= 4 is 29.9 Å². The summed E-state index contributed by atoms with van der Waals surface area (Å²) < 4.78 is 1.78. The fourth-order valence-corrected chi connectivity index (χ4v) is 1.14. The summed E-state index contributed by atoms with van der Waals surface area (Å²) in [5.41, 5.74) is 6.76. The van der Waals surface area contributed by atoms with Gasteiger partial charge in [-0.25, -0.2) is 0 Å². The average molecular weight is 335 g/mol. The average Bonchev–Trinajstić information content (AvgIpc) is 2.61. The van der Waals surface area contributed by atoms with Gasteiger partial charge in [0.25, 0.3) is 0 Å². The number of nitrogens with two attached hydrogens (primary N) is 1. The van der Waals surface area contributed by atoms with Gasteiger partial charge in [0.15, 0.2) is 5.96 Å². The highest BCUT2D eigenvalue weighted by atomic mass is 127. The third kappa shape index (κ3) is 5.74. The van der Waals surface area contributed by atoms with Crippen molar-refractivity contribution in [3.05, 3.63) is 30.6 Å². The summed E-state index contributed by atoms with van der Waals surface area (Å²) >= 11 is 0. The van der Waals surface area contributed by atoms with E-state index in [2.05, 4.69) is 22.0 Å². The SMILES string of the molecule is C=CCNC(N)=NCCc1cnn(C)c1.I. The Kier molecular flexibility index (Phi) is 7.61. The van der Waals surface area contributed by atoms with Crippen molar-refractivity contribution in [3.8, 4) is 0 Å². The summed E-state index contributed by atoms with van der Waals surface area (Å²) in [6.07, 6.45) is 6.40. The lowest BCUT2D eigenvalue weighted by molar-refractivity contribution is 0.766. The second-order valence-electron chi connectivity index (χ2n) is 3.21. The van der Waals surface area contributed by atoms with E-state index in [9.17, 15) is 0 Å². The molecule has 0 atom stereocenters. The van der Waals surface area contributed by atoms with Crippen molar-refractivity contribution in [2.45, 2.75) is 6.42 Å². The van der Waals surface area contributed by atoms with Crippen LogP contribution in [0.2, 0.25) is 0 Å². The molecule has 0 unspecified atom stereocenters. The molecule has 90 valence electrons. The number of guanidine groups is 1. The first-order valence-electron chi connectivity index (χ1n) is 4.84. The van der Waals surface area contributed by atoms with E-state index in [1.54, 1.807) is 10.8 Å². The van der Waals surface area contributed by atoms with E-state index in [0.29, 0.717) is 19.0 Å². The maximum absolute atomic E-state index is 5.60. The van der Waals surface area contributed by atoms with Gasteiger partial charge in [0.05, 0.1) is 6.20 Å². The number of aromatic nitrogens is 2. The third-order valence-electron chi connectivity index (χ3n) is 1.87. The van der Waals surface area contributed by atoms with Crippen LogP contribution in [-0.4, -0.2) is 28.8 Å². The lowest BCUT2D eigenvalue weighted by atomic mass is 10.3. The second kappa shape index (κ2) is 8.14. The van der Waals surface area contributed by atoms with Crippen LogP contribution in [0.1, 0.15) is 5.56 Å². The Balaban J connectivity index is 0.00000225. The number of nitrogens with zero attached hydrogens (tertiary/aromatic N) is 3. The first-order valence-corrected chi connectivity index (χ1v) is 4.84. The van der Waals surface area contributed by atoms with E-state index < -0.39 is 0 Å². The van der Waals surface area contributed by atoms with E-state index in [1.807, 2.05) is 19.4 Å². The highest BCUT2D eigenvalue weighted by molar-refractivity contribution is 14.0. The molecule has 6 heteroatoms. The Morgan fingerprint density at radius 1 is 1.75 bits per heavy atom. The van der Waals surface area contributed by atoms with Crippen LogP contribution in [0.15, 0.2) is 30.0 Å². The summed E-state index contributed by atoms with van der Waals surface area (Å²) in [5.74, 6) is 0.457. The van der Waals surface area contributed by atoms with Crippen molar-refractivity contribution < 1.29 is 0 Å². The molecule has 0 saturated carbocycles. The molecule has 3 N–H and O–H groups in total. The number of aryl methyl sites for hydroxylation is 1. The van der Waals surface area contributed by atoms with Gasteiger partial charge >= 0.3 is 0 Å². The maximum atomic E-state index is 5.60. The first-order chi connectivity index (χ1) is 7.22. The zero-order valence-electron chi connectivity index (χ0n) is 9.39. The normalized spacial score (nSPS) is 10.7. The second-order valence-corrected chi connectivity index (χ2v) is 3.21. The molecule has 0 aromatic carbocycles. The molecule has 0 aliphatic carbocycles. The van der Waals surface area contributed by atoms with Crippen LogP contribution in [0.5, 0.6) is 0 Å². The smallest absolute Gasteiger partial charge is 0.188 e. The summed E-state index contributed by atoms with van der Waals surface area (Å²) in [6.45, 7) is 4.89. The Morgan fingerprint density at radius 3 is 3.06 bits per heavy atom. The van der Waals surface area contributed by atoms with Crippen LogP contribution in [0, 0.1) is 0 Å². The van der Waals surface area contributed by atoms with Crippen LogP contribution in [0.25, 0.3) is 0 Å². The Hall–Kier alpha value is -1.05. The summed E-state index contributed by atoms with van der Waals surface area (Å²) in [4.78, 5) is 4.16. The maximum Gasteiger partial charge on any atom is 0.188 e. The molecule has 1 aromatic heterocycles. The number of hydrogen-bond acceptors (Lipinski definition) is 2. The van der Waals surface area contributed by atoms with Gasteiger partial charge in [0.2, 0.25) is 0 Å². The van der Waals surface area contributed by atoms with E-state index in [0.717, 1.165) is 12.0 Å². The van der Waals surface area contributed by atoms with Gasteiger partial charge in [-0.1, -0.05) is 6.08 Å². The van der Waals surface area contributed by atoms with Crippen molar-refractivity contribution in [2.24, 2.45) is 17.8 Å². The fraction of sp³-hybridized carbons (Fsp3) is 0.400. The molecule has 1 rings (SSSR count). The summed E-state index contributed by atoms with van der Waals surface area (Å²) in [5, 5.41) is 6.98. The molecule has 0 fully saturated rings. The highest BCUT2D eigenvalue weighted by Gasteiger charge is 1.95. The minimum atomic E-state index is 0. The van der Waals surface area contributed by atoms with E-state index in [4.69, 9.17) is 5.73 Å². The van der Waals surface area contributed by atoms with Gasteiger partial charge in [0.1, 0.15) is 0 Å². The summed E-state index contributed by atoms with van der Waals surface area (Å²) in [6, 6.07) is 0.